The minimum Gasteiger partial charge on any atom is -0.478 e. The van der Waals surface area contributed by atoms with Crippen molar-refractivity contribution in [3.05, 3.63) is 33.9 Å². The lowest BCUT2D eigenvalue weighted by Crippen LogP contribution is -2.32. The van der Waals surface area contributed by atoms with E-state index in [1.165, 1.54) is 18.2 Å². The van der Waals surface area contributed by atoms with Crippen molar-refractivity contribution < 1.29 is 19.6 Å². The minimum absolute atomic E-state index is 0.00981. The van der Waals surface area contributed by atoms with Crippen molar-refractivity contribution in [2.75, 3.05) is 18.5 Å². The lowest BCUT2D eigenvalue weighted by atomic mass is 10.0. The molecule has 0 saturated carbocycles. The summed E-state index contributed by atoms with van der Waals surface area (Å²) in [6.45, 7) is 3.01. The summed E-state index contributed by atoms with van der Waals surface area (Å²) in [5, 5.41) is 22.9. The summed E-state index contributed by atoms with van der Waals surface area (Å²) < 4.78 is 5.59. The average Bonchev–Trinajstić information content (AvgIpc) is 2.83. The maximum absolute atomic E-state index is 11.0. The fourth-order valence-corrected chi connectivity index (χ4v) is 2.23. The zero-order chi connectivity index (χ0) is 14.8. The Hall–Kier alpha value is -2.15. The first-order valence-electron chi connectivity index (χ1n) is 6.31. The molecule has 7 nitrogen and oxygen atoms in total. The van der Waals surface area contributed by atoms with Gasteiger partial charge in [0, 0.05) is 19.2 Å². The van der Waals surface area contributed by atoms with Crippen molar-refractivity contribution in [3.63, 3.8) is 0 Å². The van der Waals surface area contributed by atoms with Crippen molar-refractivity contribution >= 4 is 17.3 Å². The molecule has 0 radical (unpaired) electrons. The van der Waals surface area contributed by atoms with E-state index in [1.54, 1.807) is 0 Å². The van der Waals surface area contributed by atoms with E-state index < -0.39 is 10.9 Å². The van der Waals surface area contributed by atoms with Crippen LogP contribution in [0.5, 0.6) is 0 Å². The summed E-state index contributed by atoms with van der Waals surface area (Å²) in [5.41, 5.74) is -0.300. The number of anilines is 1. The lowest BCUT2D eigenvalue weighted by molar-refractivity contribution is -0.384. The number of carbonyl (C=O) groups is 1. The van der Waals surface area contributed by atoms with Crippen LogP contribution in [0.1, 0.15) is 30.1 Å². The first-order chi connectivity index (χ1) is 9.41. The van der Waals surface area contributed by atoms with Crippen molar-refractivity contribution in [1.82, 2.24) is 0 Å². The van der Waals surface area contributed by atoms with Crippen LogP contribution in [0.15, 0.2) is 18.2 Å². The van der Waals surface area contributed by atoms with Gasteiger partial charge < -0.3 is 15.2 Å². The fourth-order valence-electron chi connectivity index (χ4n) is 2.23. The molecular weight excluding hydrogens is 264 g/mol. The summed E-state index contributed by atoms with van der Waals surface area (Å²) in [6, 6.07) is 3.70. The molecule has 1 heterocycles. The molecule has 0 amide bonds. The Balaban J connectivity index is 2.21. The van der Waals surface area contributed by atoms with Crippen LogP contribution < -0.4 is 5.32 Å². The van der Waals surface area contributed by atoms with Crippen molar-refractivity contribution in [1.29, 1.82) is 0 Å². The zero-order valence-electron chi connectivity index (χ0n) is 11.1. The van der Waals surface area contributed by atoms with Gasteiger partial charge in [0.1, 0.15) is 5.69 Å². The van der Waals surface area contributed by atoms with Crippen LogP contribution in [-0.4, -0.2) is 34.8 Å². The van der Waals surface area contributed by atoms with Gasteiger partial charge in [-0.25, -0.2) is 4.79 Å². The molecule has 1 aliphatic heterocycles. The molecule has 20 heavy (non-hydrogen) atoms. The van der Waals surface area contributed by atoms with Crippen LogP contribution in [0.2, 0.25) is 0 Å². The van der Waals surface area contributed by atoms with Gasteiger partial charge in [0.15, 0.2) is 0 Å². The number of nitrogens with one attached hydrogen (secondary N) is 1. The number of benzene rings is 1. The van der Waals surface area contributed by atoms with Crippen molar-refractivity contribution in [2.24, 2.45) is 0 Å². The zero-order valence-corrected chi connectivity index (χ0v) is 11.1. The SMILES string of the molecule is CC1(CNc2cc(C(=O)O)ccc2[N+](=O)[O-])CCCO1. The number of nitrogens with zero attached hydrogens (tertiary/aromatic N) is 1. The third-order valence-electron chi connectivity index (χ3n) is 3.39. The van der Waals surface area contributed by atoms with Crippen LogP contribution in [0.25, 0.3) is 0 Å². The normalized spacial score (nSPS) is 21.6. The molecular formula is C13H16N2O5. The van der Waals surface area contributed by atoms with Gasteiger partial charge in [-0.05, 0) is 31.9 Å². The number of nitro groups is 1. The van der Waals surface area contributed by atoms with Gasteiger partial charge in [-0.15, -0.1) is 0 Å². The number of rotatable bonds is 5. The Morgan fingerprint density at radius 1 is 1.60 bits per heavy atom. The second-order valence-electron chi connectivity index (χ2n) is 5.05. The Morgan fingerprint density at radius 3 is 2.90 bits per heavy atom. The van der Waals surface area contributed by atoms with E-state index in [-0.39, 0.29) is 22.5 Å². The average molecular weight is 280 g/mol. The minimum atomic E-state index is -1.12. The Kier molecular flexibility index (Phi) is 3.89. The summed E-state index contributed by atoms with van der Waals surface area (Å²) in [4.78, 5) is 21.4. The number of ether oxygens (including phenoxy) is 1. The molecule has 7 heteroatoms. The highest BCUT2D eigenvalue weighted by atomic mass is 16.6. The molecule has 1 saturated heterocycles. The molecule has 2 N–H and O–H groups in total. The van der Waals surface area contributed by atoms with Gasteiger partial charge in [-0.3, -0.25) is 10.1 Å². The van der Waals surface area contributed by atoms with E-state index in [4.69, 9.17) is 9.84 Å². The molecule has 0 aromatic heterocycles. The first kappa shape index (κ1) is 14.3. The molecule has 1 aromatic rings. The van der Waals surface area contributed by atoms with E-state index in [0.717, 1.165) is 12.8 Å². The van der Waals surface area contributed by atoms with Gasteiger partial charge in [0.2, 0.25) is 0 Å². The molecule has 0 bridgehead atoms. The molecule has 0 aliphatic carbocycles. The second-order valence-corrected chi connectivity index (χ2v) is 5.05. The first-order valence-corrected chi connectivity index (χ1v) is 6.31. The highest BCUT2D eigenvalue weighted by Gasteiger charge is 2.30. The monoisotopic (exact) mass is 280 g/mol. The van der Waals surface area contributed by atoms with E-state index in [2.05, 4.69) is 5.32 Å². The fraction of sp³-hybridized carbons (Fsp3) is 0.462. The molecule has 1 fully saturated rings. The smallest absolute Gasteiger partial charge is 0.335 e. The van der Waals surface area contributed by atoms with E-state index in [9.17, 15) is 14.9 Å². The Labute approximate surface area is 115 Å². The molecule has 0 spiro atoms. The van der Waals surface area contributed by atoms with E-state index in [1.807, 2.05) is 6.92 Å². The van der Waals surface area contributed by atoms with E-state index in [0.29, 0.717) is 13.2 Å². The summed E-state index contributed by atoms with van der Waals surface area (Å²) >= 11 is 0. The summed E-state index contributed by atoms with van der Waals surface area (Å²) in [5.74, 6) is -1.12. The van der Waals surface area contributed by atoms with Gasteiger partial charge in [0.25, 0.3) is 5.69 Å². The maximum Gasteiger partial charge on any atom is 0.335 e. The van der Waals surface area contributed by atoms with Crippen molar-refractivity contribution in [3.8, 4) is 0 Å². The lowest BCUT2D eigenvalue weighted by Gasteiger charge is -2.24. The molecule has 1 unspecified atom stereocenters. The second kappa shape index (κ2) is 5.46. The molecule has 1 aromatic carbocycles. The number of nitro benzene ring substituents is 1. The Morgan fingerprint density at radius 2 is 2.35 bits per heavy atom. The summed E-state index contributed by atoms with van der Waals surface area (Å²) in [7, 11) is 0. The molecule has 1 atom stereocenters. The van der Waals surface area contributed by atoms with Crippen molar-refractivity contribution in [2.45, 2.75) is 25.4 Å². The predicted octanol–water partition coefficient (Wildman–Crippen LogP) is 2.27. The van der Waals surface area contributed by atoms with Gasteiger partial charge in [-0.1, -0.05) is 0 Å². The molecule has 2 rings (SSSR count). The predicted molar refractivity (Wildman–Crippen MR) is 72.1 cm³/mol. The van der Waals surface area contributed by atoms with Crippen LogP contribution in [0, 0.1) is 10.1 Å². The van der Waals surface area contributed by atoms with Crippen LogP contribution in [-0.2, 0) is 4.74 Å². The number of carboxylic acids is 1. The standard InChI is InChI=1S/C13H16N2O5/c1-13(5-2-6-20-13)8-14-10-7-9(12(16)17)3-4-11(10)15(18)19/h3-4,7,14H,2,5-6,8H2,1H3,(H,16,17). The highest BCUT2D eigenvalue weighted by molar-refractivity contribution is 5.90. The van der Waals surface area contributed by atoms with Gasteiger partial charge >= 0.3 is 5.97 Å². The topological polar surface area (TPSA) is 102 Å². The van der Waals surface area contributed by atoms with Gasteiger partial charge in [-0.2, -0.15) is 0 Å². The quantitative estimate of drug-likeness (QED) is 0.633. The number of carboxylic acid groups (broad SMARTS) is 1. The van der Waals surface area contributed by atoms with Crippen LogP contribution in [0.3, 0.4) is 0 Å². The molecule has 108 valence electrons. The van der Waals surface area contributed by atoms with E-state index >= 15 is 0 Å². The molecule has 1 aliphatic rings. The summed E-state index contributed by atoms with van der Waals surface area (Å²) in [6.07, 6.45) is 1.82. The van der Waals surface area contributed by atoms with Crippen LogP contribution >= 0.6 is 0 Å². The third kappa shape index (κ3) is 3.05. The van der Waals surface area contributed by atoms with Crippen LogP contribution in [0.4, 0.5) is 11.4 Å². The Bertz CT molecular complexity index is 538. The number of hydrogen-bond donors (Lipinski definition) is 2. The highest BCUT2D eigenvalue weighted by Crippen LogP contribution is 2.29. The largest absolute Gasteiger partial charge is 0.478 e. The number of hydrogen-bond acceptors (Lipinski definition) is 5. The number of aromatic carboxylic acids is 1. The maximum atomic E-state index is 11.0. The third-order valence-corrected chi connectivity index (χ3v) is 3.39. The van der Waals surface area contributed by atoms with Gasteiger partial charge in [0.05, 0.1) is 16.1 Å².